The molecule has 318 valence electrons. The van der Waals surface area contributed by atoms with E-state index in [9.17, 15) is 24.9 Å². The van der Waals surface area contributed by atoms with Crippen molar-refractivity contribution < 1.29 is 78.5 Å². The Balaban J connectivity index is 0.000000304. The monoisotopic (exact) mass is 1020 g/mol. The number of aryl methyl sites for hydroxylation is 2. The summed E-state index contributed by atoms with van der Waals surface area (Å²) < 4.78 is 25.6. The summed E-state index contributed by atoms with van der Waals surface area (Å²) >= 11 is 13.2. The first-order valence-electron chi connectivity index (χ1n) is 18.4. The van der Waals surface area contributed by atoms with Crippen LogP contribution in [0.3, 0.4) is 0 Å². The first-order chi connectivity index (χ1) is 27.6. The minimum Gasteiger partial charge on any atom is -0.857 e. The minimum atomic E-state index is -1.23. The summed E-state index contributed by atoms with van der Waals surface area (Å²) in [5, 5.41) is 38.8. The Morgan fingerprint density at radius 3 is 1.56 bits per heavy atom. The van der Waals surface area contributed by atoms with Gasteiger partial charge in [0, 0.05) is 42.4 Å². The molecular weight excluding hydrogens is 976 g/mol. The molecule has 0 amide bonds. The Morgan fingerprint density at radius 1 is 0.695 bits per heavy atom. The van der Waals surface area contributed by atoms with E-state index in [4.69, 9.17) is 24.1 Å². The summed E-state index contributed by atoms with van der Waals surface area (Å²) in [5.74, 6) is -1.01. The van der Waals surface area contributed by atoms with E-state index >= 15 is 0 Å². The van der Waals surface area contributed by atoms with Gasteiger partial charge in [0.25, 0.3) is 0 Å². The van der Waals surface area contributed by atoms with Gasteiger partial charge < -0.3 is 39.4 Å². The topological polar surface area (TPSA) is 155 Å². The normalized spacial score (nSPS) is 26.3. The number of aliphatic hydroxyl groups is 3. The van der Waals surface area contributed by atoms with Crippen molar-refractivity contribution in [2.75, 3.05) is 19.6 Å². The molecule has 0 saturated carbocycles. The number of hydrogen-bond donors (Lipinski definition) is 3. The smallest absolute Gasteiger partial charge is 0.857 e. The van der Waals surface area contributed by atoms with Gasteiger partial charge in [0.15, 0.2) is 6.10 Å². The van der Waals surface area contributed by atoms with Crippen molar-refractivity contribution in [3.8, 4) is 0 Å². The van der Waals surface area contributed by atoms with Gasteiger partial charge in [-0.15, -0.1) is 46.2 Å². The zero-order valence-corrected chi connectivity index (χ0v) is 43.0. The number of ether oxygens (including phenoxy) is 4. The van der Waals surface area contributed by atoms with Crippen molar-refractivity contribution in [1.82, 2.24) is 0 Å². The summed E-state index contributed by atoms with van der Waals surface area (Å²) in [7, 11) is 0.750. The van der Waals surface area contributed by atoms with Gasteiger partial charge in [-0.25, -0.2) is 0 Å². The Labute approximate surface area is 402 Å². The maximum absolute atomic E-state index is 11.8. The third-order valence-electron chi connectivity index (χ3n) is 9.90. The average Bonchev–Trinajstić information content (AvgIpc) is 3.81. The van der Waals surface area contributed by atoms with E-state index in [-0.39, 0.29) is 41.6 Å². The maximum Gasteiger partial charge on any atom is 1.00 e. The molecule has 0 aliphatic carbocycles. The summed E-state index contributed by atoms with van der Waals surface area (Å²) in [6.45, 7) is 8.87. The average molecular weight is 1030 g/mol. The van der Waals surface area contributed by atoms with Gasteiger partial charge in [-0.2, -0.15) is 7.11 Å². The molecule has 3 N–H and O–H groups in total. The predicted molar refractivity (Wildman–Crippen MR) is 238 cm³/mol. The fraction of sp³-hybridized carbons (Fsp3) is 0.476. The number of aliphatic hydroxyl groups excluding tert-OH is 3. The number of rotatable bonds is 10. The molecule has 0 bridgehead atoms. The van der Waals surface area contributed by atoms with Gasteiger partial charge in [-0.05, 0) is 116 Å². The van der Waals surface area contributed by atoms with E-state index < -0.39 is 59.4 Å². The van der Waals surface area contributed by atoms with E-state index in [1.807, 2.05) is 43.7 Å². The third-order valence-corrected chi connectivity index (χ3v) is 14.8. The van der Waals surface area contributed by atoms with Gasteiger partial charge in [0.2, 0.25) is 0 Å². The van der Waals surface area contributed by atoms with Crippen LogP contribution in [0, 0.1) is 19.8 Å². The number of halogens is 2. The Kier molecular flexibility index (Phi) is 22.2. The molecule has 2 aliphatic rings. The maximum atomic E-state index is 11.8. The number of carbonyl (C=O) groups excluding carboxylic acids is 2. The van der Waals surface area contributed by atoms with Crippen LogP contribution in [-0.4, -0.2) is 88.3 Å². The van der Waals surface area contributed by atoms with Crippen LogP contribution >= 0.6 is 78.1 Å². The van der Waals surface area contributed by atoms with E-state index in [0.29, 0.717) is 0 Å². The Hall–Kier alpha value is -0.800. The molecule has 6 rings (SSSR count). The number of esters is 2. The van der Waals surface area contributed by atoms with Gasteiger partial charge in [-0.3, -0.25) is 9.59 Å². The summed E-state index contributed by atoms with van der Waals surface area (Å²) in [5.41, 5.74) is 5.61. The first kappa shape index (κ1) is 52.5. The zero-order valence-electron chi connectivity index (χ0n) is 34.5. The van der Waals surface area contributed by atoms with Crippen molar-refractivity contribution >= 4 is 90.0 Å². The predicted octanol–water partition coefficient (Wildman–Crippen LogP) is 4.90. The quantitative estimate of drug-likeness (QED) is 0.146. The number of thiophene rings is 2. The van der Waals surface area contributed by atoms with Gasteiger partial charge >= 0.3 is 41.5 Å². The van der Waals surface area contributed by atoms with Crippen LogP contribution in [0.5, 0.6) is 0 Å². The van der Waals surface area contributed by atoms with Crippen molar-refractivity contribution in [3.63, 3.8) is 0 Å². The molecule has 2 aliphatic heterocycles. The molecule has 2 aromatic heterocycles. The van der Waals surface area contributed by atoms with Crippen molar-refractivity contribution in [2.45, 2.75) is 101 Å². The zero-order chi connectivity index (χ0) is 42.8. The molecule has 10 atom stereocenters. The second-order valence-corrected chi connectivity index (χ2v) is 20.9. The van der Waals surface area contributed by atoms with Crippen molar-refractivity contribution in [2.24, 2.45) is 5.92 Å². The van der Waals surface area contributed by atoms with Gasteiger partial charge in [0.1, 0.15) is 41.4 Å². The van der Waals surface area contributed by atoms with E-state index in [2.05, 4.69) is 82.1 Å². The van der Waals surface area contributed by atoms with Gasteiger partial charge in [0.05, 0.1) is 13.7 Å². The molecule has 2 saturated heterocycles. The molecule has 59 heavy (non-hydrogen) atoms. The number of thioether (sulfide) groups is 2. The Morgan fingerprint density at radius 2 is 1.14 bits per heavy atom. The van der Waals surface area contributed by atoms with Crippen LogP contribution in [0.2, 0.25) is 0 Å². The van der Waals surface area contributed by atoms with Crippen LogP contribution < -0.4 is 34.7 Å². The van der Waals surface area contributed by atoms with Crippen molar-refractivity contribution in [1.29, 1.82) is 0 Å². The Bertz CT molecular complexity index is 1960. The fourth-order valence-electron chi connectivity index (χ4n) is 6.93. The molecule has 4 aromatic rings. The van der Waals surface area contributed by atoms with E-state index in [1.165, 1.54) is 63.8 Å². The van der Waals surface area contributed by atoms with Crippen LogP contribution in [0.1, 0.15) is 76.1 Å². The summed E-state index contributed by atoms with van der Waals surface area (Å²) in [6, 6.07) is 20.6. The van der Waals surface area contributed by atoms with Crippen LogP contribution in [-0.2, 0) is 41.4 Å². The molecule has 2 fully saturated rings. The van der Waals surface area contributed by atoms with Crippen LogP contribution in [0.25, 0.3) is 0 Å². The molecule has 2 unspecified atom stereocenters. The largest absolute Gasteiger partial charge is 1.00 e. The number of hydrogen-bond acceptors (Lipinski definition) is 14. The minimum absolute atomic E-state index is 0. The molecule has 17 heteroatoms. The molecular formula is C42H51Br2NaO10S4. The SMILES string of the molecule is CS[C@H]1OC(c2ccc(C)c(Cc3ccc(Br)s3)c2)[C@H](C)[C@@H](OC(C)=O)[C@@H]1OC(C)=O.CS[C@H]1OC(c2ccc(C)c(Cc3ccc(Br)s3)c2)[C@H](O)[C@@H](O)[C@@H]1O.C[O-].[Na+]. The van der Waals surface area contributed by atoms with E-state index in [1.54, 1.807) is 22.7 Å². The molecule has 4 heterocycles. The van der Waals surface area contributed by atoms with Crippen LogP contribution in [0.15, 0.2) is 68.2 Å². The molecule has 2 aromatic carbocycles. The molecule has 0 spiro atoms. The van der Waals surface area contributed by atoms with Crippen molar-refractivity contribution in [3.05, 3.63) is 111 Å². The number of carbonyl (C=O) groups is 2. The third kappa shape index (κ3) is 14.1. The number of benzene rings is 2. The van der Waals surface area contributed by atoms with E-state index in [0.717, 1.165) is 44.2 Å². The standard InChI is InChI=1S/C23H27BrO5S2.C18H21BrO4S2.CH3O.Na/c1-12-6-7-16(10-17(12)11-18-8-9-19(24)31-18)20-13(2)21(27-14(3)25)22(28-15(4)26)23(29-20)30-5;1-9-3-4-10(7-11(9)8-12-5-6-13(19)25-12)17-15(21)14(20)16(22)18(23-17)24-2;1-2;/h6-10,13,20-23H,11H2,1-5H3;3-7,14-18,20-22H,8H2,1-2H3;1H3;/q;;-1;+1/t13-,20?,21+,22-,23+;14-,15-,16+,17?,18-;;/m01../s1. The first-order valence-corrected chi connectivity index (χ1v) is 24.2. The van der Waals surface area contributed by atoms with Gasteiger partial charge in [-0.1, -0.05) is 43.3 Å². The molecule has 10 nitrogen and oxygen atoms in total. The van der Waals surface area contributed by atoms with Crippen LogP contribution in [0.4, 0.5) is 0 Å². The summed E-state index contributed by atoms with van der Waals surface area (Å²) in [4.78, 5) is 26.0. The molecule has 0 radical (unpaired) electrons. The second-order valence-electron chi connectivity index (χ2n) is 13.9. The second kappa shape index (κ2) is 24.9. The summed E-state index contributed by atoms with van der Waals surface area (Å²) in [6.07, 6.45) is -0.338. The fourth-order valence-corrected chi connectivity index (χ4v) is 11.3.